The number of thioether (sulfide) groups is 1. The predicted molar refractivity (Wildman–Crippen MR) is 88.7 cm³/mol. The number of carbonyl (C=O) groups is 2. The van der Waals surface area contributed by atoms with Gasteiger partial charge in [0.25, 0.3) is 5.22 Å². The number of imide groups is 1. The van der Waals surface area contributed by atoms with Gasteiger partial charge in [0.1, 0.15) is 11.5 Å². The predicted octanol–water partition coefficient (Wildman–Crippen LogP) is 2.12. The number of nitrogens with one attached hydrogen (secondary N) is 1. The van der Waals surface area contributed by atoms with Gasteiger partial charge in [-0.25, -0.2) is 4.79 Å². The summed E-state index contributed by atoms with van der Waals surface area (Å²) >= 11 is 1.02. The fourth-order valence-corrected chi connectivity index (χ4v) is 2.45. The van der Waals surface area contributed by atoms with Crippen molar-refractivity contribution in [3.05, 3.63) is 18.2 Å². The fraction of sp³-hybridized carbons (Fsp3) is 0.333. The molecule has 0 radical (unpaired) electrons. The van der Waals surface area contributed by atoms with Gasteiger partial charge in [-0.1, -0.05) is 11.8 Å². The standard InChI is InChI=1S/C15H17N3O6S/c1-8(12(19)16-14(20)23-4)25-15-18-17-13(24-15)9-5-10(21-2)7-11(6-9)22-3/h5-8H,1-4H3,(H,16,19,20)/t8-/m0/s1. The molecule has 2 amide bonds. The second-order valence-corrected chi connectivity index (χ2v) is 6.01. The summed E-state index contributed by atoms with van der Waals surface area (Å²) in [6, 6.07) is 5.16. The lowest BCUT2D eigenvalue weighted by molar-refractivity contribution is -0.119. The van der Waals surface area contributed by atoms with E-state index < -0.39 is 17.3 Å². The molecule has 2 aromatic rings. The van der Waals surface area contributed by atoms with Crippen molar-refractivity contribution in [1.29, 1.82) is 0 Å². The molecule has 10 heteroatoms. The highest BCUT2D eigenvalue weighted by Gasteiger charge is 2.21. The zero-order valence-corrected chi connectivity index (χ0v) is 14.9. The smallest absolute Gasteiger partial charge is 0.413 e. The lowest BCUT2D eigenvalue weighted by Crippen LogP contribution is -2.35. The number of nitrogens with zero attached hydrogens (tertiary/aromatic N) is 2. The third-order valence-electron chi connectivity index (χ3n) is 3.06. The van der Waals surface area contributed by atoms with Crippen molar-refractivity contribution in [1.82, 2.24) is 15.5 Å². The van der Waals surface area contributed by atoms with Crippen molar-refractivity contribution < 1.29 is 28.2 Å². The number of rotatable bonds is 6. The van der Waals surface area contributed by atoms with Gasteiger partial charge in [-0.05, 0) is 19.1 Å². The molecule has 1 aromatic heterocycles. The molecule has 0 saturated heterocycles. The minimum atomic E-state index is -0.827. The first-order valence-electron chi connectivity index (χ1n) is 7.09. The second kappa shape index (κ2) is 8.38. The van der Waals surface area contributed by atoms with Gasteiger partial charge in [0, 0.05) is 11.6 Å². The van der Waals surface area contributed by atoms with Gasteiger partial charge in [0.05, 0.1) is 26.6 Å². The van der Waals surface area contributed by atoms with Crippen molar-refractivity contribution in [2.75, 3.05) is 21.3 Å². The van der Waals surface area contributed by atoms with Crippen LogP contribution in [0.15, 0.2) is 27.8 Å². The van der Waals surface area contributed by atoms with Crippen LogP contribution in [0.25, 0.3) is 11.5 Å². The number of benzene rings is 1. The largest absolute Gasteiger partial charge is 0.497 e. The summed E-state index contributed by atoms with van der Waals surface area (Å²) in [4.78, 5) is 22.9. The second-order valence-electron chi connectivity index (χ2n) is 4.72. The quantitative estimate of drug-likeness (QED) is 0.767. The van der Waals surface area contributed by atoms with Crippen molar-refractivity contribution in [2.45, 2.75) is 17.4 Å². The monoisotopic (exact) mass is 367 g/mol. The van der Waals surface area contributed by atoms with E-state index >= 15 is 0 Å². The minimum absolute atomic E-state index is 0.185. The van der Waals surface area contributed by atoms with Gasteiger partial charge in [-0.2, -0.15) is 0 Å². The molecule has 0 aliphatic rings. The Morgan fingerprint density at radius 3 is 2.32 bits per heavy atom. The molecule has 1 heterocycles. The molecule has 0 aliphatic heterocycles. The number of methoxy groups -OCH3 is 3. The van der Waals surface area contributed by atoms with Gasteiger partial charge in [0.2, 0.25) is 11.8 Å². The molecule has 0 saturated carbocycles. The van der Waals surface area contributed by atoms with Crippen LogP contribution < -0.4 is 14.8 Å². The van der Waals surface area contributed by atoms with Crippen LogP contribution >= 0.6 is 11.8 Å². The number of amides is 2. The van der Waals surface area contributed by atoms with E-state index in [4.69, 9.17) is 13.9 Å². The highest BCUT2D eigenvalue weighted by Crippen LogP contribution is 2.31. The summed E-state index contributed by atoms with van der Waals surface area (Å²) in [6.07, 6.45) is -0.827. The number of hydrogen-bond acceptors (Lipinski definition) is 9. The average molecular weight is 367 g/mol. The molecule has 134 valence electrons. The molecular formula is C15H17N3O6S. The first-order valence-corrected chi connectivity index (χ1v) is 7.97. The van der Waals surface area contributed by atoms with E-state index in [-0.39, 0.29) is 11.1 Å². The van der Waals surface area contributed by atoms with Gasteiger partial charge in [-0.3, -0.25) is 10.1 Å². The van der Waals surface area contributed by atoms with Crippen LogP contribution in [0.4, 0.5) is 4.79 Å². The number of ether oxygens (including phenoxy) is 3. The van der Waals surface area contributed by atoms with Crippen LogP contribution in [0.2, 0.25) is 0 Å². The molecule has 0 aliphatic carbocycles. The Morgan fingerprint density at radius 1 is 1.12 bits per heavy atom. The van der Waals surface area contributed by atoms with E-state index in [0.29, 0.717) is 17.1 Å². The third-order valence-corrected chi connectivity index (χ3v) is 4.00. The van der Waals surface area contributed by atoms with Crippen molar-refractivity contribution >= 4 is 23.8 Å². The zero-order chi connectivity index (χ0) is 18.4. The van der Waals surface area contributed by atoms with Gasteiger partial charge in [0.15, 0.2) is 0 Å². The first-order chi connectivity index (χ1) is 12.0. The van der Waals surface area contributed by atoms with Crippen molar-refractivity contribution in [2.24, 2.45) is 0 Å². The van der Waals surface area contributed by atoms with E-state index in [1.807, 2.05) is 0 Å². The molecule has 0 fully saturated rings. The Kier molecular flexibility index (Phi) is 6.23. The van der Waals surface area contributed by atoms with Crippen molar-refractivity contribution in [3.8, 4) is 23.0 Å². The molecule has 25 heavy (non-hydrogen) atoms. The van der Waals surface area contributed by atoms with Gasteiger partial charge in [-0.15, -0.1) is 10.2 Å². The topological polar surface area (TPSA) is 113 Å². The maximum atomic E-state index is 11.8. The molecule has 0 unspecified atom stereocenters. The summed E-state index contributed by atoms with van der Waals surface area (Å²) in [5, 5.41) is 9.48. The maximum Gasteiger partial charge on any atom is 0.413 e. The minimum Gasteiger partial charge on any atom is -0.497 e. The SMILES string of the molecule is COC(=O)NC(=O)[C@H](C)Sc1nnc(-c2cc(OC)cc(OC)c2)o1. The van der Waals surface area contributed by atoms with E-state index in [1.165, 1.54) is 21.3 Å². The number of alkyl carbamates (subject to hydrolysis) is 1. The van der Waals surface area contributed by atoms with Crippen LogP contribution in [0, 0.1) is 0 Å². The lowest BCUT2D eigenvalue weighted by atomic mass is 10.2. The lowest BCUT2D eigenvalue weighted by Gasteiger charge is -2.07. The Labute approximate surface area is 148 Å². The summed E-state index contributed by atoms with van der Waals surface area (Å²) in [7, 11) is 4.25. The molecule has 1 atom stereocenters. The summed E-state index contributed by atoms with van der Waals surface area (Å²) in [5.74, 6) is 0.875. The van der Waals surface area contributed by atoms with E-state index in [9.17, 15) is 9.59 Å². The first kappa shape index (κ1) is 18.6. The highest BCUT2D eigenvalue weighted by molar-refractivity contribution is 8.00. The molecule has 9 nitrogen and oxygen atoms in total. The Morgan fingerprint density at radius 2 is 1.76 bits per heavy atom. The van der Waals surface area contributed by atoms with Crippen LogP contribution in [0.3, 0.4) is 0 Å². The highest BCUT2D eigenvalue weighted by atomic mass is 32.2. The molecule has 1 aromatic carbocycles. The van der Waals surface area contributed by atoms with Crippen LogP contribution in [-0.2, 0) is 9.53 Å². The normalized spacial score (nSPS) is 11.5. The number of carbonyl (C=O) groups excluding carboxylic acids is 2. The third kappa shape index (κ3) is 4.86. The summed E-state index contributed by atoms with van der Waals surface area (Å²) < 4.78 is 20.3. The van der Waals surface area contributed by atoms with Crippen LogP contribution in [0.1, 0.15) is 6.92 Å². The molecular weight excluding hydrogens is 350 g/mol. The fourth-order valence-electron chi connectivity index (χ4n) is 1.76. The van der Waals surface area contributed by atoms with Crippen LogP contribution in [0.5, 0.6) is 11.5 Å². The summed E-state index contributed by atoms with van der Waals surface area (Å²) in [5.41, 5.74) is 0.613. The summed E-state index contributed by atoms with van der Waals surface area (Å²) in [6.45, 7) is 1.60. The maximum absolute atomic E-state index is 11.8. The molecule has 0 bridgehead atoms. The van der Waals surface area contributed by atoms with E-state index in [0.717, 1.165) is 11.8 Å². The Hall–Kier alpha value is -2.75. The van der Waals surface area contributed by atoms with E-state index in [2.05, 4.69) is 20.3 Å². The molecule has 0 spiro atoms. The Balaban J connectivity index is 2.12. The number of hydrogen-bond donors (Lipinski definition) is 1. The Bertz CT molecular complexity index is 741. The van der Waals surface area contributed by atoms with Gasteiger partial charge < -0.3 is 18.6 Å². The average Bonchev–Trinajstić information content (AvgIpc) is 3.09. The molecule has 2 rings (SSSR count). The molecule has 1 N–H and O–H groups in total. The number of aromatic nitrogens is 2. The van der Waals surface area contributed by atoms with Gasteiger partial charge >= 0.3 is 6.09 Å². The zero-order valence-electron chi connectivity index (χ0n) is 14.1. The van der Waals surface area contributed by atoms with E-state index in [1.54, 1.807) is 25.1 Å². The van der Waals surface area contributed by atoms with Crippen molar-refractivity contribution in [3.63, 3.8) is 0 Å². The van der Waals surface area contributed by atoms with Crippen LogP contribution in [-0.4, -0.2) is 48.8 Å².